The molecule has 236 valence electrons. The normalized spacial score (nSPS) is 12.2. The van der Waals surface area contributed by atoms with Gasteiger partial charge in [-0.15, -0.1) is 6.61 Å². The zero-order valence-corrected chi connectivity index (χ0v) is 27.6. The molecule has 4 aromatic carbocycles. The van der Waals surface area contributed by atoms with Gasteiger partial charge in [-0.2, -0.15) is 0 Å². The largest absolute Gasteiger partial charge is 0.855 e. The van der Waals surface area contributed by atoms with Crippen molar-refractivity contribution in [3.63, 3.8) is 0 Å². The molecule has 0 saturated carbocycles. The molecule has 1 atom stereocenters. The summed E-state index contributed by atoms with van der Waals surface area (Å²) in [7, 11) is 6.59. The fourth-order valence-electron chi connectivity index (χ4n) is 5.55. The van der Waals surface area contributed by atoms with Gasteiger partial charge in [-0.3, -0.25) is 0 Å². The van der Waals surface area contributed by atoms with Gasteiger partial charge in [0.2, 0.25) is 0 Å². The van der Waals surface area contributed by atoms with Crippen molar-refractivity contribution in [1.29, 1.82) is 0 Å². The third-order valence-electron chi connectivity index (χ3n) is 7.29. The fourth-order valence-corrected chi connectivity index (χ4v) is 11.1. The van der Waals surface area contributed by atoms with Crippen molar-refractivity contribution in [3.8, 4) is 34.5 Å². The van der Waals surface area contributed by atoms with Crippen molar-refractivity contribution >= 4 is 23.2 Å². The van der Waals surface area contributed by atoms with E-state index >= 15 is 0 Å². The van der Waals surface area contributed by atoms with Crippen LogP contribution in [0.5, 0.6) is 34.5 Å². The van der Waals surface area contributed by atoms with E-state index in [0.29, 0.717) is 34.5 Å². The topological polar surface area (TPSA) is 98.7 Å². The van der Waals surface area contributed by atoms with Gasteiger partial charge in [-0.05, 0) is 48.9 Å². The van der Waals surface area contributed by atoms with Crippen LogP contribution in [0.1, 0.15) is 19.4 Å². The van der Waals surface area contributed by atoms with Gasteiger partial charge < -0.3 is 38.6 Å². The maximum absolute atomic E-state index is 12.5. The zero-order chi connectivity index (χ0) is 32.3. The molecule has 0 amide bonds. The monoisotopic (exact) mass is 622 g/mol. The first-order valence-corrected chi connectivity index (χ1v) is 16.1. The van der Waals surface area contributed by atoms with E-state index < -0.39 is 12.9 Å². The summed E-state index contributed by atoms with van der Waals surface area (Å²) in [5, 5.41) is 23.7. The van der Waals surface area contributed by atoms with E-state index in [1.54, 1.807) is 49.6 Å². The van der Waals surface area contributed by atoms with Crippen LogP contribution in [0.15, 0.2) is 84.9 Å². The Morgan fingerprint density at radius 2 is 0.818 bits per heavy atom. The summed E-state index contributed by atoms with van der Waals surface area (Å²) in [6, 6.07) is 26.6. The lowest BCUT2D eigenvalue weighted by Crippen LogP contribution is -2.43. The quantitative estimate of drug-likeness (QED) is 0.234. The van der Waals surface area contributed by atoms with Gasteiger partial charge in [0.25, 0.3) is 0 Å². The van der Waals surface area contributed by atoms with Crippen LogP contribution in [0.4, 0.5) is 0 Å². The van der Waals surface area contributed by atoms with Gasteiger partial charge in [0.1, 0.15) is 19.0 Å². The average molecular weight is 623 g/mol. The van der Waals surface area contributed by atoms with E-state index in [2.05, 4.69) is 0 Å². The highest BCUT2D eigenvalue weighted by molar-refractivity contribution is 7.96. The fraction of sp³-hybridized carbons (Fsp3) is 0.314. The van der Waals surface area contributed by atoms with Crippen molar-refractivity contribution in [1.82, 2.24) is 0 Å². The Bertz CT molecular complexity index is 1290. The molecule has 0 aliphatic heterocycles. The van der Waals surface area contributed by atoms with Gasteiger partial charge >= 0.3 is 0 Å². The average Bonchev–Trinajstić information content (AvgIpc) is 3.06. The lowest BCUT2D eigenvalue weighted by molar-refractivity contribution is -0.361. The molecular formula is C35H43O8P. The summed E-state index contributed by atoms with van der Waals surface area (Å²) in [5.41, 5.74) is -0.598. The molecular weight excluding hydrogens is 579 g/mol. The smallest absolute Gasteiger partial charge is 0.188 e. The second-order valence-electron chi connectivity index (χ2n) is 9.93. The number of ether oxygens (including phenoxy) is 6. The SMILES string of the molecule is CC[O-].COc1cccc(OC)c1[P+](CC(C)(O)c1ccccc1)(c1c(OC)cccc1OC)c1c(OC)cccc1OC. The Morgan fingerprint density at radius 1 is 0.545 bits per heavy atom. The zero-order valence-electron chi connectivity index (χ0n) is 26.7. The van der Waals surface area contributed by atoms with E-state index in [0.717, 1.165) is 21.5 Å². The summed E-state index contributed by atoms with van der Waals surface area (Å²) in [5.74, 6) is 3.51. The Hall–Kier alpha value is -3.97. The first-order valence-electron chi connectivity index (χ1n) is 14.1. The molecule has 1 N–H and O–H groups in total. The van der Waals surface area contributed by atoms with Crippen LogP contribution in [0, 0.1) is 0 Å². The van der Waals surface area contributed by atoms with E-state index in [9.17, 15) is 5.11 Å². The third-order valence-corrected chi connectivity index (χ3v) is 12.0. The lowest BCUT2D eigenvalue weighted by Gasteiger charge is -2.37. The summed E-state index contributed by atoms with van der Waals surface area (Å²) >= 11 is 0. The molecule has 0 saturated heterocycles. The highest BCUT2D eigenvalue weighted by atomic mass is 31.2. The second kappa shape index (κ2) is 15.7. The van der Waals surface area contributed by atoms with Crippen molar-refractivity contribution in [2.45, 2.75) is 19.4 Å². The molecule has 0 aliphatic carbocycles. The molecule has 0 heterocycles. The molecule has 0 fully saturated rings. The van der Waals surface area contributed by atoms with Gasteiger partial charge in [0, 0.05) is 0 Å². The standard InChI is InChI=1S/C33H38O7P.C2H5O/c1-33(34,23-14-9-8-10-15-23)22-41(30-24(35-2)16-11-17-25(30)36-3,31-26(37-4)18-12-19-27(31)38-5)32-28(39-6)20-13-21-29(32)40-7;1-2-3/h8-21,34H,22H2,1-7H3;2H2,1H3/q+1;-1. The first kappa shape index (κ1) is 34.5. The maximum atomic E-state index is 12.5. The minimum absolute atomic E-state index is 0. The highest BCUT2D eigenvalue weighted by Crippen LogP contribution is 2.67. The first-order chi connectivity index (χ1) is 21.2. The molecule has 44 heavy (non-hydrogen) atoms. The van der Waals surface area contributed by atoms with E-state index in [1.807, 2.05) is 91.9 Å². The molecule has 0 bridgehead atoms. The Kier molecular flexibility index (Phi) is 12.3. The van der Waals surface area contributed by atoms with Crippen molar-refractivity contribution < 1.29 is 38.6 Å². The number of aliphatic hydroxyl groups is 1. The predicted octanol–water partition coefficient (Wildman–Crippen LogP) is 4.31. The minimum Gasteiger partial charge on any atom is -0.855 e. The van der Waals surface area contributed by atoms with Crippen LogP contribution >= 0.6 is 7.26 Å². The summed E-state index contributed by atoms with van der Waals surface area (Å²) in [6.07, 6.45) is 0.203. The van der Waals surface area contributed by atoms with Gasteiger partial charge in [0.15, 0.2) is 50.4 Å². The summed E-state index contributed by atoms with van der Waals surface area (Å²) < 4.78 is 36.3. The van der Waals surface area contributed by atoms with Gasteiger partial charge in [-0.1, -0.05) is 55.5 Å². The Morgan fingerprint density at radius 3 is 1.07 bits per heavy atom. The third kappa shape index (κ3) is 6.73. The maximum Gasteiger partial charge on any atom is 0.188 e. The molecule has 4 aromatic rings. The van der Waals surface area contributed by atoms with Crippen LogP contribution in [0.2, 0.25) is 0 Å². The Labute approximate surface area is 261 Å². The van der Waals surface area contributed by atoms with Crippen LogP contribution in [0.25, 0.3) is 0 Å². The van der Waals surface area contributed by atoms with E-state index in [-0.39, 0.29) is 12.8 Å². The summed E-state index contributed by atoms with van der Waals surface area (Å²) in [4.78, 5) is 0. The molecule has 0 aromatic heterocycles. The van der Waals surface area contributed by atoms with Gasteiger partial charge in [0.05, 0.1) is 42.7 Å². The Balaban J connectivity index is 0.00000169. The highest BCUT2D eigenvalue weighted by Gasteiger charge is 2.60. The lowest BCUT2D eigenvalue weighted by atomic mass is 9.98. The molecule has 9 heteroatoms. The molecule has 0 radical (unpaired) electrons. The predicted molar refractivity (Wildman–Crippen MR) is 176 cm³/mol. The molecule has 8 nitrogen and oxygen atoms in total. The van der Waals surface area contributed by atoms with Crippen molar-refractivity contribution in [2.24, 2.45) is 0 Å². The molecule has 4 rings (SSSR count). The number of methoxy groups -OCH3 is 6. The van der Waals surface area contributed by atoms with Crippen LogP contribution in [-0.4, -0.2) is 60.5 Å². The van der Waals surface area contributed by atoms with E-state index in [1.165, 1.54) is 0 Å². The number of hydrogen-bond acceptors (Lipinski definition) is 8. The second-order valence-corrected chi connectivity index (χ2v) is 13.2. The van der Waals surface area contributed by atoms with Crippen LogP contribution in [0.3, 0.4) is 0 Å². The number of benzene rings is 4. The molecule has 1 unspecified atom stereocenters. The molecule has 0 spiro atoms. The van der Waals surface area contributed by atoms with Crippen LogP contribution in [-0.2, 0) is 5.60 Å². The molecule has 0 aliphatic rings. The number of rotatable bonds is 12. The van der Waals surface area contributed by atoms with Crippen molar-refractivity contribution in [3.05, 3.63) is 90.5 Å². The minimum atomic E-state index is -3.17. The number of hydrogen-bond donors (Lipinski definition) is 1. The van der Waals surface area contributed by atoms with Gasteiger partial charge in [-0.25, -0.2) is 0 Å². The summed E-state index contributed by atoms with van der Waals surface area (Å²) in [6.45, 7) is 3.39. The van der Waals surface area contributed by atoms with E-state index in [4.69, 9.17) is 33.5 Å². The van der Waals surface area contributed by atoms with Crippen LogP contribution < -0.4 is 49.4 Å². The van der Waals surface area contributed by atoms with Crippen molar-refractivity contribution in [2.75, 3.05) is 55.4 Å².